The minimum atomic E-state index is -0.710. The molecule has 0 saturated carbocycles. The van der Waals surface area contributed by atoms with E-state index < -0.39 is 30.7 Å². The zero-order valence-electron chi connectivity index (χ0n) is 19.4. The topological polar surface area (TPSA) is 66.4 Å². The van der Waals surface area contributed by atoms with Gasteiger partial charge < -0.3 is 28.8 Å². The largest absolute Gasteiger partial charge is 0.394 e. The lowest BCUT2D eigenvalue weighted by molar-refractivity contribution is -0.321. The molecule has 1 heterocycles. The molecule has 3 unspecified atom stereocenters. The van der Waals surface area contributed by atoms with Gasteiger partial charge in [0.2, 0.25) is 0 Å². The molecule has 5 atom stereocenters. The fourth-order valence-corrected chi connectivity index (χ4v) is 4.08. The lowest BCUT2D eigenvalue weighted by atomic mass is 9.98. The molecule has 0 aromatic heterocycles. The minimum absolute atomic E-state index is 0.226. The average Bonchev–Trinajstić information content (AvgIpc) is 2.91. The first-order valence-corrected chi connectivity index (χ1v) is 11.5. The molecule has 1 aliphatic heterocycles. The first kappa shape index (κ1) is 24.5. The van der Waals surface area contributed by atoms with Crippen molar-refractivity contribution in [3.63, 3.8) is 0 Å². The van der Waals surface area contributed by atoms with Crippen molar-refractivity contribution in [2.45, 2.75) is 50.5 Å². The zero-order valence-corrected chi connectivity index (χ0v) is 19.4. The van der Waals surface area contributed by atoms with Crippen LogP contribution in [0.5, 0.6) is 0 Å². The maximum atomic E-state index is 10.1. The third kappa shape index (κ3) is 6.51. The Kier molecular flexibility index (Phi) is 9.21. The van der Waals surface area contributed by atoms with Crippen LogP contribution in [0.4, 0.5) is 0 Å². The fourth-order valence-electron chi connectivity index (χ4n) is 4.08. The molecule has 3 aromatic carbocycles. The Morgan fingerprint density at radius 3 is 1.44 bits per heavy atom. The normalized spacial score (nSPS) is 24.7. The summed E-state index contributed by atoms with van der Waals surface area (Å²) >= 11 is 0. The standard InChI is InChI=1S/C28H32O6/c1-30-28-27(33-20-23-15-9-4-10-16-23)26(32-19-22-13-7-3-8-14-22)25(24(17-29)34-28)31-18-21-11-5-2-6-12-21/h2-16,24-29H,17-20H2,1H3/t24-,25?,26?,27-,28?/m1/s1. The molecule has 0 amide bonds. The van der Waals surface area contributed by atoms with Gasteiger partial charge in [-0.1, -0.05) is 91.0 Å². The van der Waals surface area contributed by atoms with E-state index in [0.29, 0.717) is 19.8 Å². The van der Waals surface area contributed by atoms with Gasteiger partial charge in [-0.2, -0.15) is 0 Å². The van der Waals surface area contributed by atoms with E-state index in [9.17, 15) is 5.11 Å². The maximum Gasteiger partial charge on any atom is 0.186 e. The Hall–Kier alpha value is -2.58. The Balaban J connectivity index is 1.56. The van der Waals surface area contributed by atoms with Crippen LogP contribution in [0.2, 0.25) is 0 Å². The van der Waals surface area contributed by atoms with Crippen LogP contribution in [-0.2, 0) is 43.5 Å². The van der Waals surface area contributed by atoms with Crippen LogP contribution in [0.3, 0.4) is 0 Å². The summed E-state index contributed by atoms with van der Waals surface area (Å²) < 4.78 is 30.7. The van der Waals surface area contributed by atoms with Crippen LogP contribution in [0.25, 0.3) is 0 Å². The van der Waals surface area contributed by atoms with Gasteiger partial charge in [0.1, 0.15) is 24.4 Å². The summed E-state index contributed by atoms with van der Waals surface area (Å²) in [5.41, 5.74) is 3.09. The van der Waals surface area contributed by atoms with Crippen LogP contribution in [0, 0.1) is 0 Å². The van der Waals surface area contributed by atoms with E-state index in [4.69, 9.17) is 23.7 Å². The summed E-state index contributed by atoms with van der Waals surface area (Å²) in [6.07, 6.45) is -2.97. The molecular weight excluding hydrogens is 432 g/mol. The number of methoxy groups -OCH3 is 1. The maximum absolute atomic E-state index is 10.1. The van der Waals surface area contributed by atoms with E-state index in [-0.39, 0.29) is 6.61 Å². The van der Waals surface area contributed by atoms with Crippen LogP contribution in [-0.4, -0.2) is 49.5 Å². The summed E-state index contributed by atoms with van der Waals surface area (Å²) in [7, 11) is 1.57. The Labute approximate surface area is 201 Å². The number of hydrogen-bond donors (Lipinski definition) is 1. The highest BCUT2D eigenvalue weighted by Gasteiger charge is 2.48. The van der Waals surface area contributed by atoms with Crippen molar-refractivity contribution in [2.75, 3.05) is 13.7 Å². The molecule has 0 spiro atoms. The van der Waals surface area contributed by atoms with Crippen molar-refractivity contribution >= 4 is 0 Å². The second-order valence-corrected chi connectivity index (χ2v) is 8.24. The summed E-state index contributed by atoms with van der Waals surface area (Å²) in [4.78, 5) is 0. The molecule has 6 nitrogen and oxygen atoms in total. The van der Waals surface area contributed by atoms with E-state index >= 15 is 0 Å². The monoisotopic (exact) mass is 464 g/mol. The van der Waals surface area contributed by atoms with Crippen molar-refractivity contribution in [1.82, 2.24) is 0 Å². The molecule has 0 radical (unpaired) electrons. The van der Waals surface area contributed by atoms with Gasteiger partial charge in [-0.05, 0) is 16.7 Å². The highest BCUT2D eigenvalue weighted by Crippen LogP contribution is 2.30. The fraction of sp³-hybridized carbons (Fsp3) is 0.357. The van der Waals surface area contributed by atoms with Gasteiger partial charge in [0, 0.05) is 7.11 Å². The highest BCUT2D eigenvalue weighted by atomic mass is 16.7. The van der Waals surface area contributed by atoms with E-state index in [1.165, 1.54) is 0 Å². The molecule has 1 saturated heterocycles. The van der Waals surface area contributed by atoms with Crippen molar-refractivity contribution < 1.29 is 28.8 Å². The number of rotatable bonds is 11. The minimum Gasteiger partial charge on any atom is -0.394 e. The van der Waals surface area contributed by atoms with E-state index in [0.717, 1.165) is 16.7 Å². The molecule has 1 aliphatic rings. The zero-order chi connectivity index (χ0) is 23.6. The van der Waals surface area contributed by atoms with Crippen LogP contribution in [0.1, 0.15) is 16.7 Å². The Morgan fingerprint density at radius 1 is 0.618 bits per heavy atom. The van der Waals surface area contributed by atoms with Crippen LogP contribution >= 0.6 is 0 Å². The van der Waals surface area contributed by atoms with E-state index in [1.54, 1.807) is 7.11 Å². The van der Waals surface area contributed by atoms with Gasteiger partial charge in [0.25, 0.3) is 0 Å². The predicted octanol–water partition coefficient (Wildman–Crippen LogP) is 4.11. The van der Waals surface area contributed by atoms with Crippen molar-refractivity contribution in [2.24, 2.45) is 0 Å². The van der Waals surface area contributed by atoms with Crippen molar-refractivity contribution in [3.05, 3.63) is 108 Å². The summed E-state index contributed by atoms with van der Waals surface area (Å²) in [5, 5.41) is 10.1. The highest BCUT2D eigenvalue weighted by molar-refractivity contribution is 5.15. The second-order valence-electron chi connectivity index (χ2n) is 8.24. The quantitative estimate of drug-likeness (QED) is 0.461. The molecule has 1 N–H and O–H groups in total. The molecule has 6 heteroatoms. The summed E-state index contributed by atoms with van der Waals surface area (Å²) in [5.74, 6) is 0. The number of aliphatic hydroxyl groups is 1. The lowest BCUT2D eigenvalue weighted by Crippen LogP contribution is -2.61. The Bertz CT molecular complexity index is 895. The SMILES string of the molecule is COC1O[C@H](CO)C(OCc2ccccc2)C(OCc2ccccc2)[C@H]1OCc1ccccc1. The van der Waals surface area contributed by atoms with Gasteiger partial charge in [0.15, 0.2) is 6.29 Å². The molecule has 0 bridgehead atoms. The molecule has 0 aliphatic carbocycles. The molecule has 34 heavy (non-hydrogen) atoms. The molecule has 4 rings (SSSR count). The first-order valence-electron chi connectivity index (χ1n) is 11.5. The van der Waals surface area contributed by atoms with Crippen molar-refractivity contribution in [1.29, 1.82) is 0 Å². The van der Waals surface area contributed by atoms with E-state index in [1.807, 2.05) is 91.0 Å². The van der Waals surface area contributed by atoms with E-state index in [2.05, 4.69) is 0 Å². The third-order valence-electron chi connectivity index (χ3n) is 5.86. The number of benzene rings is 3. The summed E-state index contributed by atoms with van der Waals surface area (Å²) in [6, 6.07) is 29.8. The Morgan fingerprint density at radius 2 is 1.03 bits per heavy atom. The van der Waals surface area contributed by atoms with Gasteiger partial charge in [-0.25, -0.2) is 0 Å². The van der Waals surface area contributed by atoms with Gasteiger partial charge in [0.05, 0.1) is 26.4 Å². The molecular formula is C28H32O6. The van der Waals surface area contributed by atoms with Crippen LogP contribution < -0.4 is 0 Å². The average molecular weight is 465 g/mol. The third-order valence-corrected chi connectivity index (χ3v) is 5.86. The van der Waals surface area contributed by atoms with Crippen molar-refractivity contribution in [3.8, 4) is 0 Å². The molecule has 1 fully saturated rings. The smallest absolute Gasteiger partial charge is 0.186 e. The number of aliphatic hydroxyl groups excluding tert-OH is 1. The predicted molar refractivity (Wildman–Crippen MR) is 128 cm³/mol. The summed E-state index contributed by atoms with van der Waals surface area (Å²) in [6.45, 7) is 0.876. The number of hydrogen-bond acceptors (Lipinski definition) is 6. The molecule has 180 valence electrons. The lowest BCUT2D eigenvalue weighted by Gasteiger charge is -2.45. The number of ether oxygens (including phenoxy) is 5. The first-order chi connectivity index (χ1) is 16.8. The van der Waals surface area contributed by atoms with Gasteiger partial charge in [-0.3, -0.25) is 0 Å². The van der Waals surface area contributed by atoms with Gasteiger partial charge in [-0.15, -0.1) is 0 Å². The van der Waals surface area contributed by atoms with Gasteiger partial charge >= 0.3 is 0 Å². The molecule has 3 aromatic rings. The van der Waals surface area contributed by atoms with Crippen LogP contribution in [0.15, 0.2) is 91.0 Å². The second kappa shape index (κ2) is 12.8.